The zero-order chi connectivity index (χ0) is 14.1. The lowest BCUT2D eigenvalue weighted by Crippen LogP contribution is -3.00. The molecule has 0 spiro atoms. The normalized spacial score (nSPS) is 9.85. The summed E-state index contributed by atoms with van der Waals surface area (Å²) in [6.45, 7) is 1.80. The molecule has 0 aromatic carbocycles. The molecule has 0 radical (unpaired) electrons. The number of aromatic nitrogens is 1. The highest BCUT2D eigenvalue weighted by atomic mass is 35.5. The largest absolute Gasteiger partial charge is 1.00 e. The number of aliphatic hydroxyl groups is 1. The molecule has 0 saturated carbocycles. The molecule has 2 aromatic rings. The Labute approximate surface area is 127 Å². The smallest absolute Gasteiger partial charge is 0.281 e. The van der Waals surface area contributed by atoms with E-state index in [0.717, 1.165) is 12.8 Å². The van der Waals surface area contributed by atoms with Crippen LogP contribution in [-0.4, -0.2) is 28.8 Å². The molecule has 0 unspecified atom stereocenters. The van der Waals surface area contributed by atoms with Gasteiger partial charge in [0.25, 0.3) is 5.91 Å². The third kappa shape index (κ3) is 5.48. The van der Waals surface area contributed by atoms with Crippen LogP contribution in [0.4, 0.5) is 0 Å². The lowest BCUT2D eigenvalue weighted by atomic mass is 10.3. The first-order valence-electron chi connectivity index (χ1n) is 5.51. The van der Waals surface area contributed by atoms with Gasteiger partial charge in [0.1, 0.15) is 0 Å². The zero-order valence-corrected chi connectivity index (χ0v) is 12.6. The first-order valence-corrected chi connectivity index (χ1v) is 6.39. The zero-order valence-electron chi connectivity index (χ0n) is 11.1. The van der Waals surface area contributed by atoms with Crippen LogP contribution >= 0.6 is 11.3 Å². The van der Waals surface area contributed by atoms with Gasteiger partial charge in [-0.05, 0) is 30.5 Å². The number of halogens is 1. The van der Waals surface area contributed by atoms with Crippen molar-refractivity contribution in [2.45, 2.75) is 6.92 Å². The molecule has 5 nitrogen and oxygen atoms in total. The number of pyridine rings is 1. The van der Waals surface area contributed by atoms with E-state index in [1.165, 1.54) is 11.3 Å². The third-order valence-electron chi connectivity index (χ3n) is 2.11. The second kappa shape index (κ2) is 10.1. The summed E-state index contributed by atoms with van der Waals surface area (Å²) in [7, 11) is 1.00. The van der Waals surface area contributed by atoms with Crippen molar-refractivity contribution in [1.29, 1.82) is 0 Å². The number of aliphatic hydroxyl groups excluding tert-OH is 1. The minimum absolute atomic E-state index is 0. The molecule has 1 amide bonds. The Morgan fingerprint density at radius 2 is 2.05 bits per heavy atom. The van der Waals surface area contributed by atoms with Crippen LogP contribution in [0.3, 0.4) is 0 Å². The Balaban J connectivity index is 0.00000115. The molecule has 2 aromatic heterocycles. The first-order chi connectivity index (χ1) is 9.27. The van der Waals surface area contributed by atoms with Crippen LogP contribution in [-0.2, 0) is 0 Å². The molecule has 0 bridgehead atoms. The molecule has 0 saturated heterocycles. The summed E-state index contributed by atoms with van der Waals surface area (Å²) >= 11 is 1.38. The van der Waals surface area contributed by atoms with Crippen molar-refractivity contribution in [2.75, 3.05) is 7.11 Å². The fourth-order valence-corrected chi connectivity index (χ4v) is 1.85. The highest BCUT2D eigenvalue weighted by molar-refractivity contribution is 7.12. The summed E-state index contributed by atoms with van der Waals surface area (Å²) in [5, 5.41) is 12.9. The Morgan fingerprint density at radius 3 is 2.60 bits per heavy atom. The van der Waals surface area contributed by atoms with Crippen LogP contribution in [0.15, 0.2) is 47.0 Å². The van der Waals surface area contributed by atoms with Crippen LogP contribution in [0.2, 0.25) is 0 Å². The van der Waals surface area contributed by atoms with E-state index in [1.54, 1.807) is 19.2 Å². The van der Waals surface area contributed by atoms with Crippen LogP contribution in [0.25, 0.3) is 0 Å². The summed E-state index contributed by atoms with van der Waals surface area (Å²) in [6, 6.07) is 9.14. The number of hydrazone groups is 1. The van der Waals surface area contributed by atoms with Gasteiger partial charge in [0.15, 0.2) is 0 Å². The molecule has 7 heteroatoms. The van der Waals surface area contributed by atoms with E-state index in [2.05, 4.69) is 15.5 Å². The van der Waals surface area contributed by atoms with Gasteiger partial charge in [-0.25, -0.2) is 5.43 Å². The topological polar surface area (TPSA) is 74.6 Å². The number of nitrogens with one attached hydrogen (secondary N) is 1. The Hall–Kier alpha value is -1.76. The minimum Gasteiger partial charge on any atom is -1.00 e. The maximum atomic E-state index is 11.6. The van der Waals surface area contributed by atoms with Crippen molar-refractivity contribution < 1.29 is 22.3 Å². The predicted octanol–water partition coefficient (Wildman–Crippen LogP) is -1.09. The number of hydrogen-bond donors (Lipinski definition) is 2. The van der Waals surface area contributed by atoms with Gasteiger partial charge in [0, 0.05) is 13.3 Å². The lowest BCUT2D eigenvalue weighted by molar-refractivity contribution is -0.0000129. The Kier molecular flexibility index (Phi) is 9.19. The van der Waals surface area contributed by atoms with Gasteiger partial charge >= 0.3 is 0 Å². The van der Waals surface area contributed by atoms with Gasteiger partial charge in [0.05, 0.1) is 16.3 Å². The lowest BCUT2D eigenvalue weighted by Gasteiger charge is -2.00. The molecule has 0 aliphatic heterocycles. The highest BCUT2D eigenvalue weighted by Crippen LogP contribution is 2.07. The fourth-order valence-electron chi connectivity index (χ4n) is 1.23. The molecular formula is C13H15ClN3O2S-. The number of rotatable bonds is 3. The van der Waals surface area contributed by atoms with Gasteiger partial charge in [-0.15, -0.1) is 11.3 Å². The second-order valence-electron chi connectivity index (χ2n) is 3.33. The van der Waals surface area contributed by atoms with Crippen molar-refractivity contribution in [1.82, 2.24) is 10.4 Å². The Morgan fingerprint density at radius 1 is 1.30 bits per heavy atom. The summed E-state index contributed by atoms with van der Waals surface area (Å²) in [5.74, 6) is -0.199. The average molecular weight is 313 g/mol. The SMILES string of the molecule is C/C(=N\NC(=O)c1cccs1)c1ccccn1.CO.[Cl-]. The number of carbonyl (C=O) groups is 1. The summed E-state index contributed by atoms with van der Waals surface area (Å²) in [6.07, 6.45) is 1.69. The molecule has 2 rings (SSSR count). The number of nitrogens with zero attached hydrogens (tertiary/aromatic N) is 2. The number of thiophene rings is 1. The number of amides is 1. The van der Waals surface area contributed by atoms with E-state index in [-0.39, 0.29) is 18.3 Å². The maximum absolute atomic E-state index is 11.6. The molecule has 20 heavy (non-hydrogen) atoms. The number of hydrogen-bond acceptors (Lipinski definition) is 5. The van der Waals surface area contributed by atoms with Gasteiger partial charge in [-0.1, -0.05) is 12.1 Å². The quantitative estimate of drug-likeness (QED) is 0.559. The van der Waals surface area contributed by atoms with Crippen molar-refractivity contribution in [3.63, 3.8) is 0 Å². The molecule has 2 heterocycles. The molecule has 108 valence electrons. The predicted molar refractivity (Wildman–Crippen MR) is 76.4 cm³/mol. The van der Waals surface area contributed by atoms with E-state index >= 15 is 0 Å². The average Bonchev–Trinajstić information content (AvgIpc) is 3.02. The highest BCUT2D eigenvalue weighted by Gasteiger charge is 2.05. The molecule has 0 atom stereocenters. The second-order valence-corrected chi connectivity index (χ2v) is 4.28. The fraction of sp³-hybridized carbons (Fsp3) is 0.154. The van der Waals surface area contributed by atoms with Crippen molar-refractivity contribution in [3.05, 3.63) is 52.5 Å². The van der Waals surface area contributed by atoms with Crippen LogP contribution in [0.5, 0.6) is 0 Å². The van der Waals surface area contributed by atoms with Gasteiger partial charge < -0.3 is 17.5 Å². The van der Waals surface area contributed by atoms with Crippen molar-refractivity contribution in [2.24, 2.45) is 5.10 Å². The summed E-state index contributed by atoms with van der Waals surface area (Å²) in [4.78, 5) is 16.4. The molecule has 0 aliphatic rings. The van der Waals surface area contributed by atoms with Gasteiger partial charge in [-0.3, -0.25) is 9.78 Å². The Bertz CT molecular complexity index is 530. The van der Waals surface area contributed by atoms with Gasteiger partial charge in [0.2, 0.25) is 0 Å². The molecule has 0 aliphatic carbocycles. The third-order valence-corrected chi connectivity index (χ3v) is 2.97. The van der Waals surface area contributed by atoms with Crippen LogP contribution < -0.4 is 17.8 Å². The summed E-state index contributed by atoms with van der Waals surface area (Å²) < 4.78 is 0. The number of carbonyl (C=O) groups excluding carboxylic acids is 1. The standard InChI is InChI=1S/C12H11N3OS.CH4O.ClH/c1-9(10-5-2-3-7-13-10)14-15-12(16)11-6-4-8-17-11;1-2;/h2-8H,1H3,(H,15,16);2H,1H3;1H/p-1/b14-9+;;. The monoisotopic (exact) mass is 312 g/mol. The molecular weight excluding hydrogens is 298 g/mol. The van der Waals surface area contributed by atoms with E-state index in [9.17, 15) is 4.79 Å². The van der Waals surface area contributed by atoms with E-state index < -0.39 is 0 Å². The van der Waals surface area contributed by atoms with E-state index in [1.807, 2.05) is 29.6 Å². The first kappa shape index (κ1) is 18.2. The maximum Gasteiger partial charge on any atom is 0.281 e. The summed E-state index contributed by atoms with van der Waals surface area (Å²) in [5.41, 5.74) is 3.93. The van der Waals surface area contributed by atoms with E-state index in [4.69, 9.17) is 5.11 Å². The molecule has 0 fully saturated rings. The van der Waals surface area contributed by atoms with E-state index in [0.29, 0.717) is 10.6 Å². The van der Waals surface area contributed by atoms with Crippen LogP contribution in [0, 0.1) is 0 Å². The van der Waals surface area contributed by atoms with Gasteiger partial charge in [-0.2, -0.15) is 5.10 Å². The van der Waals surface area contributed by atoms with Crippen molar-refractivity contribution in [3.8, 4) is 0 Å². The minimum atomic E-state index is -0.199. The van der Waals surface area contributed by atoms with Crippen LogP contribution in [0.1, 0.15) is 22.3 Å². The van der Waals surface area contributed by atoms with Crippen molar-refractivity contribution >= 4 is 23.0 Å². The molecule has 2 N–H and O–H groups in total.